The van der Waals surface area contributed by atoms with Crippen LogP contribution in [0.3, 0.4) is 0 Å². The molecule has 0 aliphatic carbocycles. The summed E-state index contributed by atoms with van der Waals surface area (Å²) in [6, 6.07) is 21.5. The van der Waals surface area contributed by atoms with Crippen LogP contribution in [0.1, 0.15) is 30.1 Å². The fourth-order valence-corrected chi connectivity index (χ4v) is 3.18. The van der Waals surface area contributed by atoms with Crippen molar-refractivity contribution in [2.24, 2.45) is 4.99 Å². The standard InChI is InChI=1S/C17H18N2S.HI/c1-2-20-17-18-15(13-9-5-3-6-10-13)16(19-17)14-11-7-4-8-12-14;/h3-12,15-16H,2H2,1H3,(H,18,19);1H. The molecule has 110 valence electrons. The van der Waals surface area contributed by atoms with E-state index in [0.29, 0.717) is 0 Å². The molecule has 0 spiro atoms. The second-order valence-corrected chi connectivity index (χ2v) is 6.01. The first-order valence-electron chi connectivity index (χ1n) is 6.95. The van der Waals surface area contributed by atoms with Crippen LogP contribution in [0.4, 0.5) is 0 Å². The quantitative estimate of drug-likeness (QED) is 0.736. The topological polar surface area (TPSA) is 24.4 Å². The van der Waals surface area contributed by atoms with Crippen LogP contribution in [0.25, 0.3) is 0 Å². The van der Waals surface area contributed by atoms with Gasteiger partial charge in [-0.05, 0) is 16.9 Å². The van der Waals surface area contributed by atoms with Gasteiger partial charge in [-0.25, -0.2) is 0 Å². The minimum absolute atomic E-state index is 0. The van der Waals surface area contributed by atoms with Gasteiger partial charge < -0.3 is 5.32 Å². The SMILES string of the molecule is CCSC1=NC(c2ccccc2)C(c2ccccc2)N1.I. The van der Waals surface area contributed by atoms with Crippen molar-refractivity contribution in [3.63, 3.8) is 0 Å². The van der Waals surface area contributed by atoms with Crippen molar-refractivity contribution in [2.75, 3.05) is 5.75 Å². The van der Waals surface area contributed by atoms with E-state index < -0.39 is 0 Å². The molecule has 0 saturated heterocycles. The first-order chi connectivity index (χ1) is 9.88. The Morgan fingerprint density at radius 2 is 1.52 bits per heavy atom. The highest BCUT2D eigenvalue weighted by atomic mass is 127. The summed E-state index contributed by atoms with van der Waals surface area (Å²) in [6.07, 6.45) is 0. The minimum atomic E-state index is 0. The van der Waals surface area contributed by atoms with Crippen LogP contribution in [0, 0.1) is 0 Å². The Bertz CT molecular complexity index is 586. The third-order valence-electron chi connectivity index (χ3n) is 3.43. The Morgan fingerprint density at radius 3 is 2.10 bits per heavy atom. The van der Waals surface area contributed by atoms with E-state index >= 15 is 0 Å². The number of rotatable bonds is 3. The van der Waals surface area contributed by atoms with E-state index in [1.54, 1.807) is 11.8 Å². The molecule has 1 aliphatic heterocycles. The molecule has 2 atom stereocenters. The van der Waals surface area contributed by atoms with Gasteiger partial charge in [-0.1, -0.05) is 79.3 Å². The van der Waals surface area contributed by atoms with Crippen molar-refractivity contribution in [1.82, 2.24) is 5.32 Å². The minimum Gasteiger partial charge on any atom is -0.356 e. The molecule has 0 bridgehead atoms. The number of benzene rings is 2. The van der Waals surface area contributed by atoms with Gasteiger partial charge in [0.05, 0.1) is 6.04 Å². The van der Waals surface area contributed by atoms with Gasteiger partial charge in [0, 0.05) is 0 Å². The van der Waals surface area contributed by atoms with Gasteiger partial charge in [-0.3, -0.25) is 4.99 Å². The molecule has 0 aromatic heterocycles. The van der Waals surface area contributed by atoms with Crippen molar-refractivity contribution in [3.8, 4) is 0 Å². The van der Waals surface area contributed by atoms with Gasteiger partial charge in [0.2, 0.25) is 0 Å². The second kappa shape index (κ2) is 7.84. The van der Waals surface area contributed by atoms with Crippen LogP contribution in [-0.4, -0.2) is 10.9 Å². The van der Waals surface area contributed by atoms with Crippen molar-refractivity contribution < 1.29 is 0 Å². The first-order valence-corrected chi connectivity index (χ1v) is 7.94. The molecule has 0 fully saturated rings. The number of nitrogens with zero attached hydrogens (tertiary/aromatic N) is 1. The molecule has 0 saturated carbocycles. The largest absolute Gasteiger partial charge is 0.356 e. The third-order valence-corrected chi connectivity index (χ3v) is 4.22. The Morgan fingerprint density at radius 1 is 0.952 bits per heavy atom. The molecule has 2 unspecified atom stereocenters. The van der Waals surface area contributed by atoms with E-state index in [9.17, 15) is 0 Å². The monoisotopic (exact) mass is 410 g/mol. The predicted octanol–water partition coefficient (Wildman–Crippen LogP) is 4.80. The fraction of sp³-hybridized carbons (Fsp3) is 0.235. The summed E-state index contributed by atoms with van der Waals surface area (Å²) < 4.78 is 0. The summed E-state index contributed by atoms with van der Waals surface area (Å²) in [5.41, 5.74) is 2.55. The molecule has 3 rings (SSSR count). The molecule has 2 aromatic rings. The van der Waals surface area contributed by atoms with Gasteiger partial charge in [0.25, 0.3) is 0 Å². The highest BCUT2D eigenvalue weighted by Crippen LogP contribution is 2.37. The van der Waals surface area contributed by atoms with Crippen molar-refractivity contribution in [3.05, 3.63) is 71.8 Å². The maximum Gasteiger partial charge on any atom is 0.157 e. The first kappa shape index (κ1) is 16.4. The van der Waals surface area contributed by atoms with Crippen LogP contribution >= 0.6 is 35.7 Å². The Balaban J connectivity index is 0.00000161. The maximum atomic E-state index is 4.87. The summed E-state index contributed by atoms with van der Waals surface area (Å²) in [5, 5.41) is 4.62. The van der Waals surface area contributed by atoms with Gasteiger partial charge in [-0.15, -0.1) is 24.0 Å². The zero-order valence-corrected chi connectivity index (χ0v) is 15.0. The summed E-state index contributed by atoms with van der Waals surface area (Å²) in [7, 11) is 0. The zero-order chi connectivity index (χ0) is 13.8. The fourth-order valence-electron chi connectivity index (χ4n) is 2.51. The normalized spacial score (nSPS) is 20.3. The summed E-state index contributed by atoms with van der Waals surface area (Å²) >= 11 is 1.77. The number of amidine groups is 1. The van der Waals surface area contributed by atoms with Gasteiger partial charge >= 0.3 is 0 Å². The average molecular weight is 410 g/mol. The lowest BCUT2D eigenvalue weighted by Gasteiger charge is -2.19. The van der Waals surface area contributed by atoms with Crippen LogP contribution in [0.2, 0.25) is 0 Å². The molecule has 1 heterocycles. The number of thioether (sulfide) groups is 1. The van der Waals surface area contributed by atoms with Gasteiger partial charge in [-0.2, -0.15) is 0 Å². The lowest BCUT2D eigenvalue weighted by atomic mass is 9.95. The van der Waals surface area contributed by atoms with Crippen LogP contribution in [0.5, 0.6) is 0 Å². The molecule has 0 radical (unpaired) electrons. The Kier molecular flexibility index (Phi) is 6.11. The van der Waals surface area contributed by atoms with E-state index in [4.69, 9.17) is 4.99 Å². The number of halogens is 1. The molecule has 1 aliphatic rings. The molecule has 2 nitrogen and oxygen atoms in total. The number of aliphatic imine (C=N–C) groups is 1. The summed E-state index contributed by atoms with van der Waals surface area (Å²) in [4.78, 5) is 4.87. The molecule has 1 N–H and O–H groups in total. The lowest BCUT2D eigenvalue weighted by molar-refractivity contribution is 0.573. The van der Waals surface area contributed by atoms with Gasteiger partial charge in [0.15, 0.2) is 5.17 Å². The summed E-state index contributed by atoms with van der Waals surface area (Å²) in [5.74, 6) is 1.04. The lowest BCUT2D eigenvalue weighted by Crippen LogP contribution is -2.22. The molecular weight excluding hydrogens is 391 g/mol. The highest BCUT2D eigenvalue weighted by molar-refractivity contribution is 14.0. The van der Waals surface area contributed by atoms with E-state index in [0.717, 1.165) is 10.9 Å². The molecule has 21 heavy (non-hydrogen) atoms. The van der Waals surface area contributed by atoms with Crippen molar-refractivity contribution in [2.45, 2.75) is 19.0 Å². The second-order valence-electron chi connectivity index (χ2n) is 4.76. The highest BCUT2D eigenvalue weighted by Gasteiger charge is 2.30. The zero-order valence-electron chi connectivity index (χ0n) is 11.9. The van der Waals surface area contributed by atoms with Crippen LogP contribution in [-0.2, 0) is 0 Å². The maximum absolute atomic E-state index is 4.87. The van der Waals surface area contributed by atoms with E-state index in [1.165, 1.54) is 11.1 Å². The molecule has 4 heteroatoms. The van der Waals surface area contributed by atoms with E-state index in [1.807, 2.05) is 0 Å². The van der Waals surface area contributed by atoms with Crippen molar-refractivity contribution in [1.29, 1.82) is 0 Å². The van der Waals surface area contributed by atoms with Crippen LogP contribution in [0.15, 0.2) is 65.7 Å². The smallest absolute Gasteiger partial charge is 0.157 e. The molecule has 2 aromatic carbocycles. The number of hydrogen-bond donors (Lipinski definition) is 1. The summed E-state index contributed by atoms with van der Waals surface area (Å²) in [6.45, 7) is 2.15. The third kappa shape index (κ3) is 3.80. The number of nitrogens with one attached hydrogen (secondary N) is 1. The Hall–Kier alpha value is -1.01. The van der Waals surface area contributed by atoms with E-state index in [-0.39, 0.29) is 36.1 Å². The molecule has 0 amide bonds. The average Bonchev–Trinajstić information content (AvgIpc) is 2.93. The molecular formula is C17H19IN2S. The van der Waals surface area contributed by atoms with Crippen molar-refractivity contribution >= 4 is 40.9 Å². The van der Waals surface area contributed by atoms with Crippen LogP contribution < -0.4 is 5.32 Å². The van der Waals surface area contributed by atoms with E-state index in [2.05, 4.69) is 72.9 Å². The van der Waals surface area contributed by atoms with Gasteiger partial charge in [0.1, 0.15) is 6.04 Å². The number of hydrogen-bond acceptors (Lipinski definition) is 3. The Labute approximate surface area is 147 Å². The predicted molar refractivity (Wildman–Crippen MR) is 102 cm³/mol.